The average Bonchev–Trinajstić information content (AvgIpc) is 2.94. The van der Waals surface area contributed by atoms with Crippen molar-refractivity contribution >= 4 is 40.5 Å². The summed E-state index contributed by atoms with van der Waals surface area (Å²) in [4.78, 5) is 11.6. The van der Waals surface area contributed by atoms with Crippen LogP contribution in [0.15, 0.2) is 29.0 Å². The van der Waals surface area contributed by atoms with E-state index >= 15 is 0 Å². The fourth-order valence-electron chi connectivity index (χ4n) is 1.55. The van der Waals surface area contributed by atoms with Crippen molar-refractivity contribution in [1.82, 2.24) is 0 Å². The summed E-state index contributed by atoms with van der Waals surface area (Å²) in [6.45, 7) is 0.531. The van der Waals surface area contributed by atoms with Crippen LogP contribution in [-0.2, 0) is 4.74 Å². The van der Waals surface area contributed by atoms with E-state index in [2.05, 4.69) is 0 Å². The van der Waals surface area contributed by atoms with Crippen LogP contribution in [0.4, 0.5) is 0 Å². The molecule has 1 aromatic heterocycles. The Labute approximate surface area is 135 Å². The summed E-state index contributed by atoms with van der Waals surface area (Å²) in [6.07, 6.45) is 0.503. The molecule has 1 N–H and O–H groups in total. The van der Waals surface area contributed by atoms with E-state index in [1.165, 1.54) is 23.5 Å². The van der Waals surface area contributed by atoms with Gasteiger partial charge in [0.25, 0.3) is 0 Å². The van der Waals surface area contributed by atoms with Crippen molar-refractivity contribution in [2.45, 2.75) is 6.42 Å². The van der Waals surface area contributed by atoms with Gasteiger partial charge < -0.3 is 14.6 Å². The molecule has 0 atom stereocenters. The smallest absolute Gasteiger partial charge is 0.338 e. The summed E-state index contributed by atoms with van der Waals surface area (Å²) >= 11 is 13.3. The first-order valence-electron chi connectivity index (χ1n) is 6.08. The van der Waals surface area contributed by atoms with E-state index < -0.39 is 0 Å². The second-order valence-corrected chi connectivity index (χ2v) is 5.68. The standard InChI is InChI=1S/C14H12Cl2O4S/c15-11-6-10(17)7-12(16)13(11)19-3-1-4-20-14(18)9-2-5-21-8-9/h2,5-8,17H,1,3-4H2. The van der Waals surface area contributed by atoms with E-state index in [4.69, 9.17) is 32.7 Å². The zero-order valence-corrected chi connectivity index (χ0v) is 13.2. The number of aromatic hydroxyl groups is 1. The largest absolute Gasteiger partial charge is 0.508 e. The number of halogens is 2. The number of phenols is 1. The predicted octanol–water partition coefficient (Wildman–Crippen LogP) is 4.39. The van der Waals surface area contributed by atoms with Crippen LogP contribution in [0, 0.1) is 0 Å². The lowest BCUT2D eigenvalue weighted by Crippen LogP contribution is -2.08. The van der Waals surface area contributed by atoms with E-state index in [1.807, 2.05) is 5.38 Å². The molecule has 1 aromatic carbocycles. The van der Waals surface area contributed by atoms with Gasteiger partial charge in [-0.3, -0.25) is 0 Å². The van der Waals surface area contributed by atoms with Crippen LogP contribution in [0.5, 0.6) is 11.5 Å². The van der Waals surface area contributed by atoms with Gasteiger partial charge in [0.05, 0.1) is 28.8 Å². The fourth-order valence-corrected chi connectivity index (χ4v) is 2.76. The maximum atomic E-state index is 11.6. The van der Waals surface area contributed by atoms with Gasteiger partial charge in [-0.25, -0.2) is 4.79 Å². The highest BCUT2D eigenvalue weighted by atomic mass is 35.5. The molecule has 0 saturated carbocycles. The van der Waals surface area contributed by atoms with Crippen molar-refractivity contribution < 1.29 is 19.4 Å². The number of benzene rings is 1. The fraction of sp³-hybridized carbons (Fsp3) is 0.214. The molecule has 7 heteroatoms. The number of carbonyl (C=O) groups is 1. The maximum absolute atomic E-state index is 11.6. The highest BCUT2D eigenvalue weighted by molar-refractivity contribution is 7.08. The second-order valence-electron chi connectivity index (χ2n) is 4.09. The van der Waals surface area contributed by atoms with Crippen molar-refractivity contribution in [2.24, 2.45) is 0 Å². The number of rotatable bonds is 6. The van der Waals surface area contributed by atoms with Gasteiger partial charge in [-0.1, -0.05) is 23.2 Å². The molecule has 0 amide bonds. The van der Waals surface area contributed by atoms with Crippen molar-refractivity contribution in [1.29, 1.82) is 0 Å². The zero-order valence-electron chi connectivity index (χ0n) is 10.8. The lowest BCUT2D eigenvalue weighted by atomic mass is 10.3. The molecule has 0 aliphatic rings. The number of thiophene rings is 1. The van der Waals surface area contributed by atoms with Gasteiger partial charge in [0.2, 0.25) is 0 Å². The topological polar surface area (TPSA) is 55.8 Å². The Morgan fingerprint density at radius 3 is 2.57 bits per heavy atom. The summed E-state index contributed by atoms with van der Waals surface area (Å²) in [6, 6.07) is 4.40. The molecule has 0 radical (unpaired) electrons. The van der Waals surface area contributed by atoms with Crippen molar-refractivity contribution in [3.63, 3.8) is 0 Å². The van der Waals surface area contributed by atoms with Gasteiger partial charge in [0, 0.05) is 23.9 Å². The van der Waals surface area contributed by atoms with Crippen LogP contribution in [0.2, 0.25) is 10.0 Å². The van der Waals surface area contributed by atoms with Crippen LogP contribution >= 0.6 is 34.5 Å². The molecule has 2 aromatic rings. The molecule has 0 spiro atoms. The third-order valence-corrected chi connectivity index (χ3v) is 3.75. The Bertz CT molecular complexity index is 590. The van der Waals surface area contributed by atoms with Crippen molar-refractivity contribution in [3.05, 3.63) is 44.6 Å². The third kappa shape index (κ3) is 4.52. The van der Waals surface area contributed by atoms with Crippen molar-refractivity contribution in [2.75, 3.05) is 13.2 Å². The minimum absolute atomic E-state index is 0.0259. The molecule has 0 aliphatic heterocycles. The van der Waals surface area contributed by atoms with Gasteiger partial charge in [-0.2, -0.15) is 11.3 Å². The number of hydrogen-bond donors (Lipinski definition) is 1. The molecule has 4 nitrogen and oxygen atoms in total. The van der Waals surface area contributed by atoms with Gasteiger partial charge >= 0.3 is 5.97 Å². The summed E-state index contributed by atoms with van der Waals surface area (Å²) in [5.41, 5.74) is 0.547. The number of esters is 1. The molecule has 21 heavy (non-hydrogen) atoms. The Balaban J connectivity index is 1.74. The Morgan fingerprint density at radius 1 is 1.24 bits per heavy atom. The van der Waals surface area contributed by atoms with Gasteiger partial charge in [-0.15, -0.1) is 0 Å². The summed E-state index contributed by atoms with van der Waals surface area (Å²) in [5, 5.41) is 13.3. The quantitative estimate of drug-likeness (QED) is 0.622. The third-order valence-electron chi connectivity index (χ3n) is 2.51. The predicted molar refractivity (Wildman–Crippen MR) is 82.8 cm³/mol. The summed E-state index contributed by atoms with van der Waals surface area (Å²) < 4.78 is 10.5. The van der Waals surface area contributed by atoms with Crippen molar-refractivity contribution in [3.8, 4) is 11.5 Å². The second kappa shape index (κ2) is 7.54. The maximum Gasteiger partial charge on any atom is 0.338 e. The monoisotopic (exact) mass is 346 g/mol. The number of hydrogen-bond acceptors (Lipinski definition) is 5. The highest BCUT2D eigenvalue weighted by Crippen LogP contribution is 2.36. The Hall–Kier alpha value is -1.43. The first-order valence-corrected chi connectivity index (χ1v) is 7.78. The molecular formula is C14H12Cl2O4S. The van der Waals surface area contributed by atoms with Gasteiger partial charge in [0.15, 0.2) is 5.75 Å². The van der Waals surface area contributed by atoms with Crippen LogP contribution in [0.3, 0.4) is 0 Å². The normalized spacial score (nSPS) is 10.4. The molecule has 1 heterocycles. The lowest BCUT2D eigenvalue weighted by Gasteiger charge is -2.10. The number of phenolic OH excluding ortho intramolecular Hbond substituents is 1. The first-order chi connectivity index (χ1) is 10.1. The molecule has 0 saturated heterocycles. The number of ether oxygens (including phenoxy) is 2. The van der Waals surface area contributed by atoms with Crippen LogP contribution in [0.1, 0.15) is 16.8 Å². The van der Waals surface area contributed by atoms with Crippen LogP contribution in [-0.4, -0.2) is 24.3 Å². The van der Waals surface area contributed by atoms with Gasteiger partial charge in [0.1, 0.15) is 5.75 Å². The zero-order chi connectivity index (χ0) is 15.2. The van der Waals surface area contributed by atoms with Gasteiger partial charge in [-0.05, 0) is 11.4 Å². The minimum Gasteiger partial charge on any atom is -0.508 e. The molecule has 0 fully saturated rings. The van der Waals surface area contributed by atoms with E-state index in [0.717, 1.165) is 0 Å². The highest BCUT2D eigenvalue weighted by Gasteiger charge is 2.10. The Morgan fingerprint density at radius 2 is 1.95 bits per heavy atom. The Kier molecular flexibility index (Phi) is 5.73. The summed E-state index contributed by atoms with van der Waals surface area (Å²) in [7, 11) is 0. The molecule has 0 bridgehead atoms. The summed E-state index contributed by atoms with van der Waals surface area (Å²) in [5.74, 6) is -0.0701. The van der Waals surface area contributed by atoms with E-state index in [9.17, 15) is 9.90 Å². The van der Waals surface area contributed by atoms with Crippen LogP contribution < -0.4 is 4.74 Å². The lowest BCUT2D eigenvalue weighted by molar-refractivity contribution is 0.0486. The molecule has 0 unspecified atom stereocenters. The van der Waals surface area contributed by atoms with Crippen LogP contribution in [0.25, 0.3) is 0 Å². The average molecular weight is 347 g/mol. The SMILES string of the molecule is O=C(OCCCOc1c(Cl)cc(O)cc1Cl)c1ccsc1. The molecule has 112 valence electrons. The molecular weight excluding hydrogens is 335 g/mol. The van der Waals surface area contributed by atoms with E-state index in [-0.39, 0.29) is 28.4 Å². The van der Waals surface area contributed by atoms with E-state index in [1.54, 1.807) is 11.4 Å². The van der Waals surface area contributed by atoms with E-state index in [0.29, 0.717) is 24.3 Å². The molecule has 0 aliphatic carbocycles. The minimum atomic E-state index is -0.350. The first kappa shape index (κ1) is 15.9. The number of carbonyl (C=O) groups excluding carboxylic acids is 1. The molecule has 2 rings (SSSR count).